The van der Waals surface area contributed by atoms with E-state index in [0.717, 1.165) is 18.6 Å². The summed E-state index contributed by atoms with van der Waals surface area (Å²) >= 11 is 1.26. The van der Waals surface area contributed by atoms with Gasteiger partial charge in [-0.05, 0) is 48.6 Å². The van der Waals surface area contributed by atoms with Crippen molar-refractivity contribution in [2.24, 2.45) is 11.8 Å². The highest BCUT2D eigenvalue weighted by atomic mass is 32.2. The Kier molecular flexibility index (Phi) is 9.19. The number of fused-ring (bicyclic) bond motifs is 1. The van der Waals surface area contributed by atoms with E-state index in [1.807, 2.05) is 26.0 Å². The van der Waals surface area contributed by atoms with E-state index >= 15 is 0 Å². The predicted octanol–water partition coefficient (Wildman–Crippen LogP) is 0.857. The van der Waals surface area contributed by atoms with E-state index in [-0.39, 0.29) is 23.8 Å². The number of benzene rings is 1. The van der Waals surface area contributed by atoms with Crippen molar-refractivity contribution in [3.05, 3.63) is 29.8 Å². The fraction of sp³-hybridized carbons (Fsp3) is 0.731. The minimum atomic E-state index is -1.35. The Balaban J connectivity index is 1.43. The molecule has 1 aromatic rings. The maximum atomic E-state index is 13.5. The van der Waals surface area contributed by atoms with Crippen LogP contribution in [0.5, 0.6) is 5.75 Å². The molecule has 1 amide bonds. The monoisotopic (exact) mass is 524 g/mol. The maximum absolute atomic E-state index is 13.5. The lowest BCUT2D eigenvalue weighted by Gasteiger charge is -2.44. The van der Waals surface area contributed by atoms with E-state index in [9.17, 15) is 20.1 Å². The molecule has 3 saturated heterocycles. The van der Waals surface area contributed by atoms with Crippen LogP contribution in [0.25, 0.3) is 0 Å². The van der Waals surface area contributed by atoms with Crippen molar-refractivity contribution in [2.45, 2.75) is 80.6 Å². The highest BCUT2D eigenvalue weighted by molar-refractivity contribution is 7.99. The van der Waals surface area contributed by atoms with Crippen molar-refractivity contribution < 1.29 is 34.3 Å². The van der Waals surface area contributed by atoms with Crippen LogP contribution in [0.3, 0.4) is 0 Å². The van der Waals surface area contributed by atoms with Gasteiger partial charge in [0.05, 0.1) is 19.3 Å². The SMILES string of the molecule is COc1ccc([C@@H]2CCO[C@@H]3[C@H](CN[C@@H]3C(=O)N[C@H](C(C)C)[C@H]3OC(SC)[C@H](O)C(O)C3O)C2)cc1. The van der Waals surface area contributed by atoms with Crippen molar-refractivity contribution in [1.82, 2.24) is 10.6 Å². The van der Waals surface area contributed by atoms with Crippen LogP contribution in [0.4, 0.5) is 0 Å². The molecule has 36 heavy (non-hydrogen) atoms. The zero-order chi connectivity index (χ0) is 26.0. The minimum Gasteiger partial charge on any atom is -0.497 e. The van der Waals surface area contributed by atoms with E-state index in [0.29, 0.717) is 19.1 Å². The molecule has 0 aromatic heterocycles. The number of carbonyl (C=O) groups is 1. The molecule has 0 radical (unpaired) electrons. The van der Waals surface area contributed by atoms with Crippen molar-refractivity contribution in [2.75, 3.05) is 26.5 Å². The summed E-state index contributed by atoms with van der Waals surface area (Å²) in [7, 11) is 1.66. The Morgan fingerprint density at radius 1 is 1.17 bits per heavy atom. The summed E-state index contributed by atoms with van der Waals surface area (Å²) in [6, 6.07) is 7.10. The summed E-state index contributed by atoms with van der Waals surface area (Å²) in [5.74, 6) is 1.09. The Morgan fingerprint density at radius 2 is 1.89 bits per heavy atom. The third-order valence-corrected chi connectivity index (χ3v) is 8.70. The van der Waals surface area contributed by atoms with E-state index in [4.69, 9.17) is 14.2 Å². The molecule has 10 heteroatoms. The molecular formula is C26H40N2O7S. The number of nitrogens with one attached hydrogen (secondary N) is 2. The molecule has 10 atom stereocenters. The molecule has 3 aliphatic heterocycles. The number of aliphatic hydroxyl groups excluding tert-OH is 3. The fourth-order valence-corrected chi connectivity index (χ4v) is 6.41. The van der Waals surface area contributed by atoms with E-state index < -0.39 is 41.9 Å². The molecule has 0 spiro atoms. The Bertz CT molecular complexity index is 870. The third kappa shape index (κ3) is 5.70. The summed E-state index contributed by atoms with van der Waals surface area (Å²) < 4.78 is 17.5. The van der Waals surface area contributed by atoms with E-state index in [1.54, 1.807) is 13.4 Å². The van der Waals surface area contributed by atoms with Gasteiger partial charge in [-0.1, -0.05) is 26.0 Å². The van der Waals surface area contributed by atoms with Gasteiger partial charge in [-0.2, -0.15) is 0 Å². The second-order valence-corrected chi connectivity index (χ2v) is 11.4. The summed E-state index contributed by atoms with van der Waals surface area (Å²) in [6.07, 6.45) is -1.39. The van der Waals surface area contributed by atoms with Gasteiger partial charge in [0.2, 0.25) is 5.91 Å². The average Bonchev–Trinajstić information content (AvgIpc) is 3.16. The van der Waals surface area contributed by atoms with Gasteiger partial charge in [0.25, 0.3) is 0 Å². The number of hydrogen-bond acceptors (Lipinski definition) is 9. The number of hydrogen-bond donors (Lipinski definition) is 5. The van der Waals surface area contributed by atoms with Crippen LogP contribution in [-0.4, -0.2) is 95.8 Å². The van der Waals surface area contributed by atoms with Gasteiger partial charge in [-0.3, -0.25) is 4.79 Å². The average molecular weight is 525 g/mol. The maximum Gasteiger partial charge on any atom is 0.240 e. The largest absolute Gasteiger partial charge is 0.497 e. The molecule has 3 aliphatic rings. The first kappa shape index (κ1) is 27.6. The topological polar surface area (TPSA) is 130 Å². The number of amides is 1. The first-order chi connectivity index (χ1) is 17.2. The molecule has 1 aromatic carbocycles. The number of rotatable bonds is 7. The summed E-state index contributed by atoms with van der Waals surface area (Å²) in [5.41, 5.74) is 0.556. The fourth-order valence-electron chi connectivity index (χ4n) is 5.73. The molecule has 0 aliphatic carbocycles. The van der Waals surface area contributed by atoms with E-state index in [1.165, 1.54) is 17.3 Å². The number of aliphatic hydroxyl groups is 3. The zero-order valence-electron chi connectivity index (χ0n) is 21.4. The molecular weight excluding hydrogens is 484 g/mol. The van der Waals surface area contributed by atoms with Crippen LogP contribution in [0.2, 0.25) is 0 Å². The van der Waals surface area contributed by atoms with Crippen LogP contribution in [0.15, 0.2) is 24.3 Å². The van der Waals surface area contributed by atoms with Crippen LogP contribution >= 0.6 is 11.8 Å². The van der Waals surface area contributed by atoms with Gasteiger partial charge in [-0.25, -0.2) is 0 Å². The molecule has 3 heterocycles. The molecule has 0 bridgehead atoms. The summed E-state index contributed by atoms with van der Waals surface area (Å²) in [5, 5.41) is 37.7. The van der Waals surface area contributed by atoms with Gasteiger partial charge in [0.15, 0.2) is 0 Å². The Hall–Kier alpha value is -1.40. The van der Waals surface area contributed by atoms with Gasteiger partial charge < -0.3 is 40.2 Å². The van der Waals surface area contributed by atoms with Gasteiger partial charge in [0.1, 0.15) is 41.6 Å². The molecule has 5 N–H and O–H groups in total. The number of thioether (sulfide) groups is 1. The highest BCUT2D eigenvalue weighted by Gasteiger charge is 2.49. The lowest BCUT2D eigenvalue weighted by atomic mass is 9.85. The molecule has 9 nitrogen and oxygen atoms in total. The van der Waals surface area contributed by atoms with Crippen molar-refractivity contribution in [3.8, 4) is 5.75 Å². The zero-order valence-corrected chi connectivity index (χ0v) is 22.2. The molecule has 0 saturated carbocycles. The van der Waals surface area contributed by atoms with Crippen LogP contribution < -0.4 is 15.4 Å². The van der Waals surface area contributed by atoms with Gasteiger partial charge in [-0.15, -0.1) is 11.8 Å². The van der Waals surface area contributed by atoms with Gasteiger partial charge >= 0.3 is 0 Å². The molecule has 4 rings (SSSR count). The van der Waals surface area contributed by atoms with Crippen LogP contribution in [0, 0.1) is 11.8 Å². The van der Waals surface area contributed by atoms with E-state index in [2.05, 4.69) is 22.8 Å². The molecule has 3 unspecified atom stereocenters. The van der Waals surface area contributed by atoms with Crippen LogP contribution in [0.1, 0.15) is 38.2 Å². The number of ether oxygens (including phenoxy) is 3. The van der Waals surface area contributed by atoms with Crippen LogP contribution in [-0.2, 0) is 14.3 Å². The first-order valence-electron chi connectivity index (χ1n) is 12.8. The quantitative estimate of drug-likeness (QED) is 0.353. The first-order valence-corrected chi connectivity index (χ1v) is 14.1. The van der Waals surface area contributed by atoms with Crippen molar-refractivity contribution >= 4 is 17.7 Å². The lowest BCUT2D eigenvalue weighted by Crippen LogP contribution is -2.65. The lowest BCUT2D eigenvalue weighted by molar-refractivity contribution is -0.208. The number of carbonyl (C=O) groups excluding carboxylic acids is 1. The number of methoxy groups -OCH3 is 1. The molecule has 3 fully saturated rings. The normalized spacial score (nSPS) is 37.7. The predicted molar refractivity (Wildman–Crippen MR) is 137 cm³/mol. The van der Waals surface area contributed by atoms with Crippen molar-refractivity contribution in [1.29, 1.82) is 0 Å². The second kappa shape index (κ2) is 12.0. The molecule has 202 valence electrons. The standard InChI is InChI=1S/C26H40N2O7S/c1-13(2)18(24-21(30)20(29)22(31)26(35-24)36-4)28-25(32)19-23-16(12-27-19)11-15(9-10-34-23)14-5-7-17(33-3)8-6-14/h5-8,13,15-16,18-24,26-27,29-31H,9-12H2,1-4H3,(H,28,32)/t15-,16+,18-,19+,20?,21?,22-,23-,24-,26?/m1/s1. The third-order valence-electron chi connectivity index (χ3n) is 7.85. The Labute approximate surface area is 217 Å². The highest BCUT2D eigenvalue weighted by Crippen LogP contribution is 2.37. The Morgan fingerprint density at radius 3 is 2.53 bits per heavy atom. The second-order valence-electron chi connectivity index (χ2n) is 10.4. The minimum absolute atomic E-state index is 0.0785. The summed E-state index contributed by atoms with van der Waals surface area (Å²) in [6.45, 7) is 5.11. The van der Waals surface area contributed by atoms with Crippen molar-refractivity contribution in [3.63, 3.8) is 0 Å². The smallest absolute Gasteiger partial charge is 0.240 e. The van der Waals surface area contributed by atoms with Gasteiger partial charge in [0, 0.05) is 19.1 Å². The summed E-state index contributed by atoms with van der Waals surface area (Å²) in [4.78, 5) is 13.5.